The van der Waals surface area contributed by atoms with E-state index in [9.17, 15) is 23.1 Å². The molecule has 4 rings (SSSR count). The maximum absolute atomic E-state index is 14.1. The zero-order chi connectivity index (χ0) is 30.9. The van der Waals surface area contributed by atoms with Crippen LogP contribution in [0.4, 0.5) is 18.9 Å². The number of benzene rings is 2. The van der Waals surface area contributed by atoms with Gasteiger partial charge in [-0.25, -0.2) is 22.9 Å². The summed E-state index contributed by atoms with van der Waals surface area (Å²) in [5, 5.41) is 9.70. The number of aromatic carboxylic acids is 1. The lowest BCUT2D eigenvalue weighted by atomic mass is 9.93. The number of nitrogens with zero attached hydrogens (tertiary/aromatic N) is 3. The minimum Gasteiger partial charge on any atom is -0.478 e. The zero-order valence-corrected chi connectivity index (χ0v) is 24.5. The van der Waals surface area contributed by atoms with Gasteiger partial charge in [-0.1, -0.05) is 29.8 Å². The summed E-state index contributed by atoms with van der Waals surface area (Å²) < 4.78 is 47.9. The highest BCUT2D eigenvalue weighted by molar-refractivity contribution is 6.30. The number of carboxylic acids is 1. The topological polar surface area (TPSA) is 65.9 Å². The maximum atomic E-state index is 14.1. The second-order valence-electron chi connectivity index (χ2n) is 10.3. The van der Waals surface area contributed by atoms with Crippen LogP contribution in [-0.2, 0) is 6.61 Å². The first-order valence-corrected chi connectivity index (χ1v) is 13.9. The Bertz CT molecular complexity index is 1370. The SMILES string of the molecule is C#C.Cc1ccc(C(=O)O)cc1N(CCN1CCC(c2cccc(OCc3ccc(Cl)cc3F)n2)CC1)CC(C)(F)F. The van der Waals surface area contributed by atoms with Crippen molar-refractivity contribution in [2.45, 2.75) is 45.1 Å². The fourth-order valence-corrected chi connectivity index (χ4v) is 5.11. The summed E-state index contributed by atoms with van der Waals surface area (Å²) >= 11 is 5.81. The van der Waals surface area contributed by atoms with Gasteiger partial charge >= 0.3 is 5.97 Å². The van der Waals surface area contributed by atoms with Crippen molar-refractivity contribution in [3.63, 3.8) is 0 Å². The molecule has 0 radical (unpaired) electrons. The summed E-state index contributed by atoms with van der Waals surface area (Å²) in [7, 11) is 0. The molecule has 6 nitrogen and oxygen atoms in total. The summed E-state index contributed by atoms with van der Waals surface area (Å²) in [4.78, 5) is 19.9. The molecule has 2 heterocycles. The maximum Gasteiger partial charge on any atom is 0.335 e. The molecule has 10 heteroatoms. The van der Waals surface area contributed by atoms with Gasteiger partial charge in [0.25, 0.3) is 5.92 Å². The minimum atomic E-state index is -2.93. The second kappa shape index (κ2) is 14.9. The van der Waals surface area contributed by atoms with E-state index in [0.717, 1.165) is 44.1 Å². The minimum absolute atomic E-state index is 0.0417. The molecule has 0 aliphatic carbocycles. The van der Waals surface area contributed by atoms with Gasteiger partial charge in [0.2, 0.25) is 5.88 Å². The van der Waals surface area contributed by atoms with Crippen molar-refractivity contribution in [2.24, 2.45) is 0 Å². The van der Waals surface area contributed by atoms with E-state index in [4.69, 9.17) is 16.3 Å². The molecule has 0 unspecified atom stereocenters. The number of hydrogen-bond donors (Lipinski definition) is 1. The van der Waals surface area contributed by atoms with E-state index in [1.807, 2.05) is 12.1 Å². The molecule has 1 aliphatic rings. The first kappa shape index (κ1) is 32.8. The Kier molecular flexibility index (Phi) is 11.7. The molecule has 1 N–H and O–H groups in total. The zero-order valence-electron chi connectivity index (χ0n) is 23.7. The first-order valence-electron chi connectivity index (χ1n) is 13.5. The number of hydrogen-bond acceptors (Lipinski definition) is 5. The number of anilines is 1. The van der Waals surface area contributed by atoms with Gasteiger partial charge in [0.1, 0.15) is 12.4 Å². The molecule has 0 spiro atoms. The molecule has 0 atom stereocenters. The second-order valence-corrected chi connectivity index (χ2v) is 10.8. The quantitative estimate of drug-likeness (QED) is 0.238. The van der Waals surface area contributed by atoms with Crippen LogP contribution in [0.3, 0.4) is 0 Å². The van der Waals surface area contributed by atoms with Crippen LogP contribution in [0.25, 0.3) is 0 Å². The lowest BCUT2D eigenvalue weighted by Crippen LogP contribution is -2.43. The molecule has 3 aromatic rings. The number of terminal acetylenes is 1. The standard InChI is InChI=1S/C30H33ClF3N3O3.C2H2/c1-20-6-7-22(29(38)39)16-27(20)37(19-30(2,33)34)15-14-36-12-10-21(11-13-36)26-4-3-5-28(35-26)40-18-23-8-9-24(31)17-25(23)32;1-2/h3-9,16-17,21H,10-15,18-19H2,1-2H3,(H,38,39);1-2H. The van der Waals surface area contributed by atoms with Gasteiger partial charge in [-0.3, -0.25) is 0 Å². The number of aryl methyl sites for hydroxylation is 1. The molecule has 224 valence electrons. The number of pyridine rings is 1. The number of carbonyl (C=O) groups is 1. The van der Waals surface area contributed by atoms with Gasteiger partial charge in [-0.2, -0.15) is 0 Å². The largest absolute Gasteiger partial charge is 0.478 e. The fourth-order valence-electron chi connectivity index (χ4n) is 4.95. The average Bonchev–Trinajstić information content (AvgIpc) is 2.96. The molecule has 0 amide bonds. The van der Waals surface area contributed by atoms with Gasteiger partial charge in [-0.05, 0) is 68.8 Å². The Morgan fingerprint density at radius 2 is 1.88 bits per heavy atom. The predicted molar refractivity (Wildman–Crippen MR) is 159 cm³/mol. The molecule has 1 saturated heterocycles. The van der Waals surface area contributed by atoms with Crippen molar-refractivity contribution < 1.29 is 27.8 Å². The molecule has 2 aromatic carbocycles. The Morgan fingerprint density at radius 1 is 1.17 bits per heavy atom. The fraction of sp³-hybridized carbons (Fsp3) is 0.375. The van der Waals surface area contributed by atoms with Gasteiger partial charge in [0, 0.05) is 54.0 Å². The van der Waals surface area contributed by atoms with E-state index in [-0.39, 0.29) is 18.1 Å². The van der Waals surface area contributed by atoms with Crippen molar-refractivity contribution >= 4 is 23.3 Å². The van der Waals surface area contributed by atoms with Crippen LogP contribution >= 0.6 is 11.6 Å². The summed E-state index contributed by atoms with van der Waals surface area (Å²) in [5.41, 5.74) is 2.63. The van der Waals surface area contributed by atoms with Crippen LogP contribution in [0.5, 0.6) is 5.88 Å². The molecule has 1 fully saturated rings. The van der Waals surface area contributed by atoms with Crippen molar-refractivity contribution in [3.05, 3.63) is 87.8 Å². The highest BCUT2D eigenvalue weighted by Gasteiger charge is 2.28. The van der Waals surface area contributed by atoms with Crippen LogP contribution in [0.1, 0.15) is 52.9 Å². The van der Waals surface area contributed by atoms with Crippen molar-refractivity contribution in [1.82, 2.24) is 9.88 Å². The summed E-state index contributed by atoms with van der Waals surface area (Å²) in [6, 6.07) is 14.6. The summed E-state index contributed by atoms with van der Waals surface area (Å²) in [5.74, 6) is -3.81. The van der Waals surface area contributed by atoms with Crippen LogP contribution in [0, 0.1) is 25.6 Å². The third-order valence-electron chi connectivity index (χ3n) is 7.09. The summed E-state index contributed by atoms with van der Waals surface area (Å²) in [6.07, 6.45) is 9.69. The van der Waals surface area contributed by atoms with E-state index in [1.165, 1.54) is 18.2 Å². The van der Waals surface area contributed by atoms with Crippen LogP contribution in [0.2, 0.25) is 5.02 Å². The third-order valence-corrected chi connectivity index (χ3v) is 7.33. The molecular weight excluding hydrogens is 567 g/mol. The molecule has 42 heavy (non-hydrogen) atoms. The van der Waals surface area contributed by atoms with Crippen molar-refractivity contribution in [1.29, 1.82) is 0 Å². The van der Waals surface area contributed by atoms with Crippen LogP contribution in [0.15, 0.2) is 54.6 Å². The van der Waals surface area contributed by atoms with E-state index in [2.05, 4.69) is 22.7 Å². The van der Waals surface area contributed by atoms with Gasteiger partial charge in [0.15, 0.2) is 0 Å². The lowest BCUT2D eigenvalue weighted by Gasteiger charge is -2.35. The number of piperidine rings is 1. The highest BCUT2D eigenvalue weighted by Crippen LogP contribution is 2.29. The van der Waals surface area contributed by atoms with E-state index < -0.39 is 24.3 Å². The molecular formula is C32H35ClF3N3O3. The predicted octanol–water partition coefficient (Wildman–Crippen LogP) is 7.05. The van der Waals surface area contributed by atoms with Crippen LogP contribution < -0.4 is 9.64 Å². The Morgan fingerprint density at radius 3 is 2.52 bits per heavy atom. The van der Waals surface area contributed by atoms with Crippen molar-refractivity contribution in [2.75, 3.05) is 37.6 Å². The number of aromatic nitrogens is 1. The summed E-state index contributed by atoms with van der Waals surface area (Å²) in [6.45, 7) is 4.69. The van der Waals surface area contributed by atoms with Gasteiger partial charge in [-0.15, -0.1) is 12.8 Å². The van der Waals surface area contributed by atoms with E-state index in [0.29, 0.717) is 35.2 Å². The Balaban J connectivity index is 0.00000237. The monoisotopic (exact) mass is 601 g/mol. The first-order chi connectivity index (χ1) is 20.0. The lowest BCUT2D eigenvalue weighted by molar-refractivity contribution is 0.0294. The van der Waals surface area contributed by atoms with Gasteiger partial charge < -0.3 is 19.6 Å². The number of halogens is 4. The van der Waals surface area contributed by atoms with E-state index in [1.54, 1.807) is 36.1 Å². The number of alkyl halides is 2. The average molecular weight is 602 g/mol. The Hall–Kier alpha value is -3.74. The normalized spacial score (nSPS) is 14.1. The number of rotatable bonds is 11. The number of ether oxygens (including phenoxy) is 1. The number of likely N-dealkylation sites (tertiary alicyclic amines) is 1. The van der Waals surface area contributed by atoms with Crippen molar-refractivity contribution in [3.8, 4) is 18.7 Å². The molecule has 0 bridgehead atoms. The third kappa shape index (κ3) is 9.40. The molecule has 1 aliphatic heterocycles. The molecule has 0 saturated carbocycles. The Labute approximate surface area is 250 Å². The smallest absolute Gasteiger partial charge is 0.335 e. The number of carboxylic acid groups (broad SMARTS) is 1. The van der Waals surface area contributed by atoms with Crippen LogP contribution in [-0.4, -0.2) is 59.6 Å². The molecule has 1 aromatic heterocycles. The van der Waals surface area contributed by atoms with E-state index >= 15 is 0 Å². The highest BCUT2D eigenvalue weighted by atomic mass is 35.5. The van der Waals surface area contributed by atoms with Gasteiger partial charge in [0.05, 0.1) is 12.1 Å².